The molecule has 0 bridgehead atoms. The van der Waals surface area contributed by atoms with Gasteiger partial charge < -0.3 is 5.32 Å². The van der Waals surface area contributed by atoms with Crippen molar-refractivity contribution < 1.29 is 18.0 Å². The highest BCUT2D eigenvalue weighted by Crippen LogP contribution is 2.35. The highest BCUT2D eigenvalue weighted by molar-refractivity contribution is 9.10. The van der Waals surface area contributed by atoms with Crippen LogP contribution >= 0.6 is 15.9 Å². The van der Waals surface area contributed by atoms with E-state index in [9.17, 15) is 18.0 Å². The van der Waals surface area contributed by atoms with E-state index in [4.69, 9.17) is 0 Å². The number of hydrogen-bond donors (Lipinski definition) is 1. The molecule has 1 rings (SSSR count). The van der Waals surface area contributed by atoms with Crippen LogP contribution in [-0.4, -0.2) is 12.5 Å². The van der Waals surface area contributed by atoms with Crippen molar-refractivity contribution in [3.63, 3.8) is 0 Å². The maximum Gasteiger partial charge on any atom is 0.417 e. The van der Waals surface area contributed by atoms with Crippen LogP contribution in [0, 0.1) is 0 Å². The van der Waals surface area contributed by atoms with Crippen molar-refractivity contribution in [3.05, 3.63) is 33.8 Å². The Kier molecular flexibility index (Phi) is 6.52. The Balaban J connectivity index is 2.65. The highest BCUT2D eigenvalue weighted by Gasteiger charge is 2.33. The molecule has 0 unspecified atom stereocenters. The van der Waals surface area contributed by atoms with Crippen LogP contribution in [0.25, 0.3) is 0 Å². The average molecular weight is 352 g/mol. The van der Waals surface area contributed by atoms with Gasteiger partial charge in [-0.05, 0) is 24.6 Å². The van der Waals surface area contributed by atoms with Gasteiger partial charge in [0.1, 0.15) is 0 Å². The van der Waals surface area contributed by atoms with Crippen LogP contribution in [0.1, 0.15) is 48.5 Å². The quantitative estimate of drug-likeness (QED) is 0.734. The lowest BCUT2D eigenvalue weighted by Gasteiger charge is -2.11. The lowest BCUT2D eigenvalue weighted by Crippen LogP contribution is -2.24. The lowest BCUT2D eigenvalue weighted by atomic mass is 10.1. The molecule has 0 aromatic heterocycles. The van der Waals surface area contributed by atoms with Gasteiger partial charge in [0.15, 0.2) is 0 Å². The largest absolute Gasteiger partial charge is 0.417 e. The predicted molar refractivity (Wildman–Crippen MR) is 75.6 cm³/mol. The summed E-state index contributed by atoms with van der Waals surface area (Å²) in [6, 6.07) is 3.49. The molecule has 0 fully saturated rings. The summed E-state index contributed by atoms with van der Waals surface area (Å²) in [6.45, 7) is 2.56. The van der Waals surface area contributed by atoms with Gasteiger partial charge in [0.2, 0.25) is 0 Å². The van der Waals surface area contributed by atoms with Gasteiger partial charge in [0, 0.05) is 16.6 Å². The summed E-state index contributed by atoms with van der Waals surface area (Å²) in [4.78, 5) is 11.8. The first kappa shape index (κ1) is 17.0. The number of unbranched alkanes of at least 4 members (excludes halogenated alkanes) is 3. The Bertz CT molecular complexity index is 460. The van der Waals surface area contributed by atoms with Crippen molar-refractivity contribution >= 4 is 21.8 Å². The zero-order chi connectivity index (χ0) is 15.2. The van der Waals surface area contributed by atoms with Crippen molar-refractivity contribution in [2.45, 2.75) is 38.8 Å². The van der Waals surface area contributed by atoms with Crippen LogP contribution < -0.4 is 5.32 Å². The van der Waals surface area contributed by atoms with E-state index in [0.29, 0.717) is 6.54 Å². The smallest absolute Gasteiger partial charge is 0.352 e. The Morgan fingerprint density at radius 3 is 2.55 bits per heavy atom. The van der Waals surface area contributed by atoms with Gasteiger partial charge in [-0.25, -0.2) is 0 Å². The van der Waals surface area contributed by atoms with Gasteiger partial charge in [0.05, 0.1) is 5.56 Å². The Labute approximate surface area is 124 Å². The summed E-state index contributed by atoms with van der Waals surface area (Å²) in [5.41, 5.74) is -0.813. The molecule has 0 saturated heterocycles. The SMILES string of the molecule is CCCCCCNC(=O)c1ccc(Br)c(C(F)(F)F)c1. The molecule has 1 aromatic carbocycles. The highest BCUT2D eigenvalue weighted by atomic mass is 79.9. The van der Waals surface area contributed by atoms with Gasteiger partial charge in [-0.1, -0.05) is 42.1 Å². The third-order valence-corrected chi connectivity index (χ3v) is 3.54. The molecule has 0 saturated carbocycles. The Morgan fingerprint density at radius 1 is 1.25 bits per heavy atom. The predicted octanol–water partition coefficient (Wildman–Crippen LogP) is 4.78. The van der Waals surface area contributed by atoms with E-state index >= 15 is 0 Å². The van der Waals surface area contributed by atoms with Crippen LogP contribution in [0.5, 0.6) is 0 Å². The summed E-state index contributed by atoms with van der Waals surface area (Å²) in [5, 5.41) is 2.63. The second-order valence-electron chi connectivity index (χ2n) is 4.51. The van der Waals surface area contributed by atoms with Crippen molar-refractivity contribution in [1.82, 2.24) is 5.32 Å². The fraction of sp³-hybridized carbons (Fsp3) is 0.500. The molecule has 0 heterocycles. The molecule has 1 amide bonds. The fourth-order valence-corrected chi connectivity index (χ4v) is 2.21. The van der Waals surface area contributed by atoms with Crippen LogP contribution in [0.3, 0.4) is 0 Å². The molecule has 0 aliphatic carbocycles. The monoisotopic (exact) mass is 351 g/mol. The normalized spacial score (nSPS) is 11.4. The van der Waals surface area contributed by atoms with E-state index in [1.165, 1.54) is 12.1 Å². The summed E-state index contributed by atoms with van der Waals surface area (Å²) >= 11 is 2.84. The number of amides is 1. The van der Waals surface area contributed by atoms with Gasteiger partial charge in [-0.2, -0.15) is 13.2 Å². The molecule has 0 radical (unpaired) electrons. The molecule has 1 N–H and O–H groups in total. The standard InChI is InChI=1S/C14H17BrF3NO/c1-2-3-4-5-8-19-13(20)10-6-7-12(15)11(9-10)14(16,17)18/h6-7,9H,2-5,8H2,1H3,(H,19,20). The average Bonchev–Trinajstić information content (AvgIpc) is 2.37. The van der Waals surface area contributed by atoms with Crippen LogP contribution in [-0.2, 0) is 6.18 Å². The number of nitrogens with one attached hydrogen (secondary N) is 1. The third kappa shape index (κ3) is 5.15. The first-order chi connectivity index (χ1) is 9.36. The summed E-state index contributed by atoms with van der Waals surface area (Å²) in [7, 11) is 0. The van der Waals surface area contributed by atoms with Gasteiger partial charge in [-0.3, -0.25) is 4.79 Å². The van der Waals surface area contributed by atoms with E-state index in [1.807, 2.05) is 0 Å². The molecular formula is C14H17BrF3NO. The Morgan fingerprint density at radius 2 is 1.95 bits per heavy atom. The van der Waals surface area contributed by atoms with Gasteiger partial charge in [0.25, 0.3) is 5.91 Å². The van der Waals surface area contributed by atoms with E-state index in [1.54, 1.807) is 0 Å². The molecule has 6 heteroatoms. The Hall–Kier alpha value is -1.04. The maximum absolute atomic E-state index is 12.7. The molecule has 0 atom stereocenters. The second-order valence-corrected chi connectivity index (χ2v) is 5.36. The first-order valence-electron chi connectivity index (χ1n) is 6.51. The van der Waals surface area contributed by atoms with E-state index in [-0.39, 0.29) is 10.0 Å². The van der Waals surface area contributed by atoms with Crippen molar-refractivity contribution in [3.8, 4) is 0 Å². The molecule has 0 spiro atoms. The van der Waals surface area contributed by atoms with Crippen molar-refractivity contribution in [2.75, 3.05) is 6.54 Å². The zero-order valence-electron chi connectivity index (χ0n) is 11.2. The van der Waals surface area contributed by atoms with Gasteiger partial charge in [-0.15, -0.1) is 0 Å². The molecule has 2 nitrogen and oxygen atoms in total. The van der Waals surface area contributed by atoms with Crippen molar-refractivity contribution in [1.29, 1.82) is 0 Å². The number of carbonyl (C=O) groups is 1. The van der Waals surface area contributed by atoms with E-state index in [0.717, 1.165) is 31.7 Å². The molecule has 0 aliphatic heterocycles. The zero-order valence-corrected chi connectivity index (χ0v) is 12.8. The fourth-order valence-electron chi connectivity index (χ4n) is 1.74. The van der Waals surface area contributed by atoms with E-state index < -0.39 is 17.6 Å². The second kappa shape index (κ2) is 7.67. The third-order valence-electron chi connectivity index (χ3n) is 2.85. The minimum absolute atomic E-state index is 0.0241. The number of carbonyl (C=O) groups excluding carboxylic acids is 1. The van der Waals surface area contributed by atoms with E-state index in [2.05, 4.69) is 28.2 Å². The maximum atomic E-state index is 12.7. The molecule has 1 aromatic rings. The van der Waals surface area contributed by atoms with Crippen LogP contribution in [0.15, 0.2) is 22.7 Å². The topological polar surface area (TPSA) is 29.1 Å². The number of hydrogen-bond acceptors (Lipinski definition) is 1. The first-order valence-corrected chi connectivity index (χ1v) is 7.30. The minimum atomic E-state index is -4.48. The molecule has 20 heavy (non-hydrogen) atoms. The molecular weight excluding hydrogens is 335 g/mol. The van der Waals surface area contributed by atoms with Crippen LogP contribution in [0.4, 0.5) is 13.2 Å². The lowest BCUT2D eigenvalue weighted by molar-refractivity contribution is -0.138. The van der Waals surface area contributed by atoms with Crippen molar-refractivity contribution in [2.24, 2.45) is 0 Å². The summed E-state index contributed by atoms with van der Waals surface area (Å²) < 4.78 is 38.1. The minimum Gasteiger partial charge on any atom is -0.352 e. The number of benzene rings is 1. The summed E-state index contributed by atoms with van der Waals surface area (Å²) in [6.07, 6.45) is -0.453. The summed E-state index contributed by atoms with van der Waals surface area (Å²) in [5.74, 6) is -0.473. The molecule has 112 valence electrons. The number of alkyl halides is 3. The number of rotatable bonds is 6. The number of halogens is 4. The molecule has 0 aliphatic rings. The van der Waals surface area contributed by atoms with Crippen LogP contribution in [0.2, 0.25) is 0 Å². The van der Waals surface area contributed by atoms with Gasteiger partial charge >= 0.3 is 6.18 Å².